The minimum Gasteiger partial charge on any atom is -0.496 e. The minimum atomic E-state index is -0.463. The molecule has 9 nitrogen and oxygen atoms in total. The summed E-state index contributed by atoms with van der Waals surface area (Å²) in [5.41, 5.74) is 3.19. The number of hydrogen-bond donors (Lipinski definition) is 0. The van der Waals surface area contributed by atoms with E-state index >= 15 is 0 Å². The summed E-state index contributed by atoms with van der Waals surface area (Å²) in [4.78, 5) is 15.5. The molecule has 0 saturated carbocycles. The van der Waals surface area contributed by atoms with Crippen LogP contribution < -0.4 is 29.3 Å². The molecule has 0 bridgehead atoms. The van der Waals surface area contributed by atoms with Gasteiger partial charge in [0.05, 0.1) is 54.1 Å². The maximum absolute atomic E-state index is 13.2. The molecule has 2 heterocycles. The Labute approximate surface area is 245 Å². The zero-order valence-electron chi connectivity index (χ0n) is 24.7. The molecule has 0 amide bonds. The SMILES string of the molecule is COc1cc([C@@H](CCN2CCOCC2)c2c(OC)cc(OC)c3c(-c4ccccc4)cc(=O)oc23)cc(OC)c1OC. The van der Waals surface area contributed by atoms with Gasteiger partial charge in [-0.25, -0.2) is 4.79 Å². The van der Waals surface area contributed by atoms with Crippen molar-refractivity contribution in [2.24, 2.45) is 0 Å². The van der Waals surface area contributed by atoms with Gasteiger partial charge in [-0.1, -0.05) is 30.3 Å². The minimum absolute atomic E-state index is 0.279. The Morgan fingerprint density at radius 2 is 1.43 bits per heavy atom. The first-order chi connectivity index (χ1) is 20.5. The Bertz CT molecular complexity index is 1550. The third kappa shape index (κ3) is 5.75. The van der Waals surface area contributed by atoms with Gasteiger partial charge in [0, 0.05) is 42.3 Å². The van der Waals surface area contributed by atoms with Crippen molar-refractivity contribution in [2.45, 2.75) is 12.3 Å². The van der Waals surface area contributed by atoms with Crippen LogP contribution in [0, 0.1) is 0 Å². The number of fused-ring (bicyclic) bond motifs is 1. The summed E-state index contributed by atoms with van der Waals surface area (Å²) in [5.74, 6) is 2.38. The predicted octanol–water partition coefficient (Wildman–Crippen LogP) is 5.36. The van der Waals surface area contributed by atoms with Crippen LogP contribution >= 0.6 is 0 Å². The Hall–Kier alpha value is -4.21. The van der Waals surface area contributed by atoms with Crippen LogP contribution in [-0.4, -0.2) is 73.3 Å². The summed E-state index contributed by atoms with van der Waals surface area (Å²) >= 11 is 0. The molecule has 9 heteroatoms. The maximum atomic E-state index is 13.2. The van der Waals surface area contributed by atoms with Crippen molar-refractivity contribution in [3.8, 4) is 39.9 Å². The Balaban J connectivity index is 1.80. The second-order valence-corrected chi connectivity index (χ2v) is 10.00. The summed E-state index contributed by atoms with van der Waals surface area (Å²) in [5, 5.41) is 0.697. The highest BCUT2D eigenvalue weighted by molar-refractivity contribution is 6.00. The van der Waals surface area contributed by atoms with E-state index in [2.05, 4.69) is 4.90 Å². The van der Waals surface area contributed by atoms with Crippen molar-refractivity contribution in [2.75, 3.05) is 68.4 Å². The fraction of sp³-hybridized carbons (Fsp3) is 0.364. The summed E-state index contributed by atoms with van der Waals surface area (Å²) in [6, 6.07) is 17.0. The second-order valence-electron chi connectivity index (χ2n) is 10.00. The van der Waals surface area contributed by atoms with Crippen molar-refractivity contribution in [1.29, 1.82) is 0 Å². The average molecular weight is 576 g/mol. The van der Waals surface area contributed by atoms with Gasteiger partial charge >= 0.3 is 5.63 Å². The molecule has 3 aromatic carbocycles. The highest BCUT2D eigenvalue weighted by atomic mass is 16.5. The first-order valence-electron chi connectivity index (χ1n) is 13.9. The smallest absolute Gasteiger partial charge is 0.336 e. The van der Waals surface area contributed by atoms with Gasteiger partial charge in [0.2, 0.25) is 5.75 Å². The van der Waals surface area contributed by atoms with Gasteiger partial charge < -0.3 is 32.8 Å². The van der Waals surface area contributed by atoms with Gasteiger partial charge in [0.25, 0.3) is 0 Å². The molecule has 0 radical (unpaired) electrons. The lowest BCUT2D eigenvalue weighted by molar-refractivity contribution is 0.0369. The standard InChI is InChI=1S/C33H37NO8/c1-36-25-20-26(37-2)31-24(21-9-7-6-8-10-21)19-29(35)42-33(31)30(25)23(11-12-34-13-15-41-16-14-34)22-17-27(38-3)32(40-5)28(18-22)39-4/h6-10,17-20,23H,11-16H2,1-5H3/t23-/m1/s1. The van der Waals surface area contributed by atoms with Gasteiger partial charge in [-0.2, -0.15) is 0 Å². The lowest BCUT2D eigenvalue weighted by Crippen LogP contribution is -2.37. The summed E-state index contributed by atoms with van der Waals surface area (Å²) < 4.78 is 40.5. The van der Waals surface area contributed by atoms with Crippen molar-refractivity contribution < 1.29 is 32.8 Å². The monoisotopic (exact) mass is 575 g/mol. The van der Waals surface area contributed by atoms with Crippen molar-refractivity contribution in [3.05, 3.63) is 76.1 Å². The summed E-state index contributed by atoms with van der Waals surface area (Å²) in [6.07, 6.45) is 0.690. The highest BCUT2D eigenvalue weighted by Gasteiger charge is 2.30. The molecular formula is C33H37NO8. The van der Waals surface area contributed by atoms with E-state index in [-0.39, 0.29) is 5.92 Å². The fourth-order valence-corrected chi connectivity index (χ4v) is 5.73. The van der Waals surface area contributed by atoms with E-state index in [1.54, 1.807) is 35.5 Å². The Kier molecular flexibility index (Phi) is 9.19. The number of morpholine rings is 1. The number of methoxy groups -OCH3 is 5. The Morgan fingerprint density at radius 1 is 0.786 bits per heavy atom. The fourth-order valence-electron chi connectivity index (χ4n) is 5.73. The van der Waals surface area contributed by atoms with Gasteiger partial charge in [-0.05, 0) is 36.2 Å². The first-order valence-corrected chi connectivity index (χ1v) is 13.9. The third-order valence-corrected chi connectivity index (χ3v) is 7.78. The number of benzene rings is 3. The molecule has 42 heavy (non-hydrogen) atoms. The van der Waals surface area contributed by atoms with Crippen LogP contribution in [0.1, 0.15) is 23.5 Å². The molecule has 0 aliphatic carbocycles. The van der Waals surface area contributed by atoms with Gasteiger partial charge in [-0.15, -0.1) is 0 Å². The van der Waals surface area contributed by atoms with Crippen molar-refractivity contribution in [3.63, 3.8) is 0 Å². The Morgan fingerprint density at radius 3 is 2.02 bits per heavy atom. The number of hydrogen-bond acceptors (Lipinski definition) is 9. The van der Waals surface area contributed by atoms with E-state index in [4.69, 9.17) is 32.8 Å². The van der Waals surface area contributed by atoms with Gasteiger partial charge in [0.15, 0.2) is 11.5 Å². The van der Waals surface area contributed by atoms with Gasteiger partial charge in [0.1, 0.15) is 17.1 Å². The quantitative estimate of drug-likeness (QED) is 0.219. The molecule has 0 spiro atoms. The zero-order chi connectivity index (χ0) is 29.6. The largest absolute Gasteiger partial charge is 0.496 e. The lowest BCUT2D eigenvalue weighted by atomic mass is 9.85. The third-order valence-electron chi connectivity index (χ3n) is 7.78. The van der Waals surface area contributed by atoms with E-state index in [0.717, 1.165) is 41.9 Å². The second kappa shape index (κ2) is 13.2. The van der Waals surface area contributed by atoms with Crippen LogP contribution in [0.3, 0.4) is 0 Å². The van der Waals surface area contributed by atoms with Crippen LogP contribution in [-0.2, 0) is 4.74 Å². The number of nitrogens with zero attached hydrogens (tertiary/aromatic N) is 1. The molecule has 1 atom stereocenters. The molecule has 222 valence electrons. The molecule has 0 N–H and O–H groups in total. The summed E-state index contributed by atoms with van der Waals surface area (Å²) in [7, 11) is 7.98. The maximum Gasteiger partial charge on any atom is 0.336 e. The van der Waals surface area contributed by atoms with Gasteiger partial charge in [-0.3, -0.25) is 4.90 Å². The molecule has 5 rings (SSSR count). The van der Waals surface area contributed by atoms with E-state index in [1.165, 1.54) is 6.07 Å². The van der Waals surface area contributed by atoms with Crippen LogP contribution in [0.5, 0.6) is 28.7 Å². The normalized spacial score (nSPS) is 14.4. The lowest BCUT2D eigenvalue weighted by Gasteiger charge is -2.30. The van der Waals surface area contributed by atoms with E-state index in [1.807, 2.05) is 48.5 Å². The first kappa shape index (κ1) is 29.3. The van der Waals surface area contributed by atoms with Crippen LogP contribution in [0.15, 0.2) is 63.8 Å². The predicted molar refractivity (Wildman–Crippen MR) is 161 cm³/mol. The molecular weight excluding hydrogens is 538 g/mol. The molecule has 0 unspecified atom stereocenters. The average Bonchev–Trinajstić information content (AvgIpc) is 3.04. The van der Waals surface area contributed by atoms with Crippen molar-refractivity contribution in [1.82, 2.24) is 4.90 Å². The van der Waals surface area contributed by atoms with E-state index in [0.29, 0.717) is 59.4 Å². The molecule has 4 aromatic rings. The van der Waals surface area contributed by atoms with E-state index in [9.17, 15) is 4.79 Å². The van der Waals surface area contributed by atoms with Crippen LogP contribution in [0.4, 0.5) is 0 Å². The highest BCUT2D eigenvalue weighted by Crippen LogP contribution is 2.48. The topological polar surface area (TPSA) is 88.8 Å². The molecule has 1 fully saturated rings. The number of rotatable bonds is 11. The summed E-state index contributed by atoms with van der Waals surface area (Å²) in [6.45, 7) is 3.85. The molecule has 1 aromatic heterocycles. The molecule has 1 aliphatic heterocycles. The van der Waals surface area contributed by atoms with Crippen LogP contribution in [0.2, 0.25) is 0 Å². The number of ether oxygens (including phenoxy) is 6. The van der Waals surface area contributed by atoms with E-state index < -0.39 is 5.63 Å². The molecule has 1 aliphatic rings. The zero-order valence-corrected chi connectivity index (χ0v) is 24.7. The van der Waals surface area contributed by atoms with Crippen molar-refractivity contribution >= 4 is 11.0 Å². The molecule has 1 saturated heterocycles. The van der Waals surface area contributed by atoms with Crippen LogP contribution in [0.25, 0.3) is 22.1 Å².